The van der Waals surface area contributed by atoms with Crippen LogP contribution < -0.4 is 5.73 Å². The highest BCUT2D eigenvalue weighted by atomic mass is 32.1. The van der Waals surface area contributed by atoms with Crippen molar-refractivity contribution >= 4 is 27.7 Å². The molecule has 0 aliphatic heterocycles. The summed E-state index contributed by atoms with van der Waals surface area (Å²) >= 11 is 3.03. The number of nitriles is 1. The first-order chi connectivity index (χ1) is 6.33. The van der Waals surface area contributed by atoms with E-state index in [9.17, 15) is 0 Å². The topological polar surface area (TPSA) is 49.8 Å². The lowest BCUT2D eigenvalue weighted by Gasteiger charge is -1.92. The van der Waals surface area contributed by atoms with Gasteiger partial charge in [-0.15, -0.1) is 11.3 Å². The van der Waals surface area contributed by atoms with Crippen LogP contribution in [0, 0.1) is 11.3 Å². The lowest BCUT2D eigenvalue weighted by molar-refractivity contribution is 1.51. The molecule has 2 heterocycles. The molecule has 4 heteroatoms. The first kappa shape index (κ1) is 8.30. The van der Waals surface area contributed by atoms with Gasteiger partial charge in [-0.25, -0.2) is 0 Å². The maximum Gasteiger partial charge on any atom is 0.104 e. The van der Waals surface area contributed by atoms with Gasteiger partial charge in [0.1, 0.15) is 11.1 Å². The van der Waals surface area contributed by atoms with Gasteiger partial charge in [0.15, 0.2) is 0 Å². The van der Waals surface area contributed by atoms with Gasteiger partial charge in [-0.1, -0.05) is 0 Å². The minimum absolute atomic E-state index is 0.600. The van der Waals surface area contributed by atoms with E-state index in [1.165, 1.54) is 11.3 Å². The van der Waals surface area contributed by atoms with Crippen molar-refractivity contribution < 1.29 is 0 Å². The number of hydrogen-bond donors (Lipinski definition) is 1. The molecule has 13 heavy (non-hydrogen) atoms. The molecule has 0 spiro atoms. The van der Waals surface area contributed by atoms with Gasteiger partial charge in [0, 0.05) is 10.9 Å². The molecule has 2 aromatic heterocycles. The normalized spacial score (nSPS) is 9.77. The number of hydrogen-bond acceptors (Lipinski definition) is 4. The molecule has 2 N–H and O–H groups in total. The van der Waals surface area contributed by atoms with E-state index < -0.39 is 0 Å². The minimum Gasteiger partial charge on any atom is -0.389 e. The Bertz CT molecular complexity index is 448. The fourth-order valence-corrected chi connectivity index (χ4v) is 2.55. The Morgan fingerprint density at radius 3 is 2.85 bits per heavy atom. The van der Waals surface area contributed by atoms with E-state index in [1.807, 2.05) is 22.2 Å². The van der Waals surface area contributed by atoms with Crippen LogP contribution in [0.5, 0.6) is 0 Å². The van der Waals surface area contributed by atoms with E-state index in [0.717, 1.165) is 11.1 Å². The van der Waals surface area contributed by atoms with Crippen LogP contribution >= 0.6 is 22.7 Å². The van der Waals surface area contributed by atoms with Gasteiger partial charge in [-0.3, -0.25) is 0 Å². The first-order valence-electron chi connectivity index (χ1n) is 3.62. The van der Waals surface area contributed by atoms with Crippen LogP contribution in [0.4, 0.5) is 5.00 Å². The zero-order valence-electron chi connectivity index (χ0n) is 6.65. The highest BCUT2D eigenvalue weighted by molar-refractivity contribution is 7.14. The van der Waals surface area contributed by atoms with Crippen LogP contribution in [0.15, 0.2) is 22.2 Å². The summed E-state index contributed by atoms with van der Waals surface area (Å²) in [6, 6.07) is 4.12. The van der Waals surface area contributed by atoms with E-state index in [0.29, 0.717) is 10.6 Å². The predicted octanol–water partition coefficient (Wildman–Crippen LogP) is 2.93. The van der Waals surface area contributed by atoms with Gasteiger partial charge in [0.25, 0.3) is 0 Å². The summed E-state index contributed by atoms with van der Waals surface area (Å²) in [6.07, 6.45) is 0. The van der Waals surface area contributed by atoms with Crippen molar-refractivity contribution in [1.29, 1.82) is 5.26 Å². The Labute approximate surface area is 83.9 Å². The molecule has 0 amide bonds. The van der Waals surface area contributed by atoms with Gasteiger partial charge in [-0.05, 0) is 22.4 Å². The predicted molar refractivity (Wildman–Crippen MR) is 56.8 cm³/mol. The summed E-state index contributed by atoms with van der Waals surface area (Å²) < 4.78 is 0. The molecule has 2 nitrogen and oxygen atoms in total. The lowest BCUT2D eigenvalue weighted by Crippen LogP contribution is -1.83. The van der Waals surface area contributed by atoms with Crippen LogP contribution in [0.3, 0.4) is 0 Å². The minimum atomic E-state index is 0.600. The third-order valence-electron chi connectivity index (χ3n) is 1.76. The van der Waals surface area contributed by atoms with Crippen LogP contribution in [0.1, 0.15) is 5.56 Å². The second kappa shape index (κ2) is 3.21. The number of anilines is 1. The summed E-state index contributed by atoms with van der Waals surface area (Å²) in [5.74, 6) is 0. The Hall–Kier alpha value is -1.31. The summed E-state index contributed by atoms with van der Waals surface area (Å²) in [5.41, 5.74) is 8.29. The Kier molecular flexibility index (Phi) is 2.05. The highest BCUT2D eigenvalue weighted by Crippen LogP contribution is 2.33. The second-order valence-electron chi connectivity index (χ2n) is 2.51. The second-order valence-corrected chi connectivity index (χ2v) is 4.20. The Morgan fingerprint density at radius 2 is 2.23 bits per heavy atom. The van der Waals surface area contributed by atoms with Crippen molar-refractivity contribution in [2.24, 2.45) is 0 Å². The van der Waals surface area contributed by atoms with Crippen molar-refractivity contribution in [2.75, 3.05) is 5.73 Å². The molecule has 0 fully saturated rings. The third-order valence-corrected chi connectivity index (χ3v) is 3.26. The summed E-state index contributed by atoms with van der Waals surface area (Å²) in [7, 11) is 0. The van der Waals surface area contributed by atoms with Crippen LogP contribution in [0.2, 0.25) is 0 Å². The fourth-order valence-electron chi connectivity index (χ4n) is 1.12. The number of nitrogens with two attached hydrogens (primary N) is 1. The molecule has 2 rings (SSSR count). The SMILES string of the molecule is N#Cc1c(-c2ccsc2)csc1N. The molecular weight excluding hydrogens is 200 g/mol. The number of rotatable bonds is 1. The van der Waals surface area contributed by atoms with Crippen molar-refractivity contribution in [3.63, 3.8) is 0 Å². The van der Waals surface area contributed by atoms with E-state index >= 15 is 0 Å². The first-order valence-corrected chi connectivity index (χ1v) is 5.45. The molecule has 0 aliphatic rings. The average molecular weight is 206 g/mol. The number of nitrogen functional groups attached to an aromatic ring is 1. The summed E-state index contributed by atoms with van der Waals surface area (Å²) in [5, 5.41) is 15.4. The van der Waals surface area contributed by atoms with E-state index in [2.05, 4.69) is 6.07 Å². The maximum atomic E-state index is 8.87. The molecule has 0 saturated carbocycles. The Morgan fingerprint density at radius 1 is 1.38 bits per heavy atom. The molecule has 0 radical (unpaired) electrons. The highest BCUT2D eigenvalue weighted by Gasteiger charge is 2.10. The molecule has 64 valence electrons. The average Bonchev–Trinajstić information content (AvgIpc) is 2.71. The number of nitrogens with zero attached hydrogens (tertiary/aromatic N) is 1. The lowest BCUT2D eigenvalue weighted by atomic mass is 10.1. The maximum absolute atomic E-state index is 8.87. The van der Waals surface area contributed by atoms with Gasteiger partial charge in [0.2, 0.25) is 0 Å². The molecule has 0 aromatic carbocycles. The van der Waals surface area contributed by atoms with Crippen molar-refractivity contribution in [3.8, 4) is 17.2 Å². The molecule has 2 aromatic rings. The quantitative estimate of drug-likeness (QED) is 0.779. The standard InChI is InChI=1S/C9H6N2S2/c10-3-7-8(5-13-9(7)11)6-1-2-12-4-6/h1-2,4-5H,11H2. The van der Waals surface area contributed by atoms with Crippen molar-refractivity contribution in [3.05, 3.63) is 27.8 Å². The third kappa shape index (κ3) is 1.32. The Balaban J connectivity index is 2.60. The van der Waals surface area contributed by atoms with Crippen LogP contribution in [-0.4, -0.2) is 0 Å². The van der Waals surface area contributed by atoms with E-state index in [4.69, 9.17) is 11.0 Å². The fraction of sp³-hybridized carbons (Fsp3) is 0. The molecule has 0 bridgehead atoms. The van der Waals surface area contributed by atoms with Gasteiger partial charge < -0.3 is 5.73 Å². The van der Waals surface area contributed by atoms with E-state index in [-0.39, 0.29) is 0 Å². The van der Waals surface area contributed by atoms with Gasteiger partial charge >= 0.3 is 0 Å². The zero-order valence-corrected chi connectivity index (χ0v) is 8.28. The molecule has 0 aliphatic carbocycles. The van der Waals surface area contributed by atoms with Crippen molar-refractivity contribution in [1.82, 2.24) is 0 Å². The molecular formula is C9H6N2S2. The van der Waals surface area contributed by atoms with Crippen LogP contribution in [0.25, 0.3) is 11.1 Å². The van der Waals surface area contributed by atoms with Crippen LogP contribution in [-0.2, 0) is 0 Å². The van der Waals surface area contributed by atoms with Gasteiger partial charge in [-0.2, -0.15) is 16.6 Å². The van der Waals surface area contributed by atoms with E-state index in [1.54, 1.807) is 11.3 Å². The zero-order chi connectivity index (χ0) is 9.26. The smallest absolute Gasteiger partial charge is 0.104 e. The summed E-state index contributed by atoms with van der Waals surface area (Å²) in [6.45, 7) is 0. The van der Waals surface area contributed by atoms with Gasteiger partial charge in [0.05, 0.1) is 5.56 Å². The largest absolute Gasteiger partial charge is 0.389 e. The molecule has 0 unspecified atom stereocenters. The molecule has 0 atom stereocenters. The monoisotopic (exact) mass is 206 g/mol. The summed E-state index contributed by atoms with van der Waals surface area (Å²) in [4.78, 5) is 0. The molecule has 0 saturated heterocycles. The number of thiophene rings is 2. The van der Waals surface area contributed by atoms with Crippen molar-refractivity contribution in [2.45, 2.75) is 0 Å².